The third-order valence-electron chi connectivity index (χ3n) is 3.32. The highest BCUT2D eigenvalue weighted by atomic mass is 16.5. The Hall–Kier alpha value is -0.120. The van der Waals surface area contributed by atoms with Crippen LogP contribution in [-0.2, 0) is 4.74 Å². The second-order valence-electron chi connectivity index (χ2n) is 4.75. The van der Waals surface area contributed by atoms with Crippen molar-refractivity contribution < 1.29 is 4.74 Å². The van der Waals surface area contributed by atoms with E-state index in [0.29, 0.717) is 18.1 Å². The van der Waals surface area contributed by atoms with Crippen LogP contribution in [0.5, 0.6) is 0 Å². The van der Waals surface area contributed by atoms with Crippen LogP contribution in [0.2, 0.25) is 0 Å². The molecule has 1 N–H and O–H groups in total. The van der Waals surface area contributed by atoms with Gasteiger partial charge in [-0.3, -0.25) is 4.90 Å². The molecule has 0 aromatic carbocycles. The lowest BCUT2D eigenvalue weighted by Gasteiger charge is -2.40. The van der Waals surface area contributed by atoms with Gasteiger partial charge in [-0.1, -0.05) is 6.92 Å². The molecule has 15 heavy (non-hydrogen) atoms. The van der Waals surface area contributed by atoms with Gasteiger partial charge in [0.05, 0.1) is 6.61 Å². The Morgan fingerprint density at radius 1 is 1.47 bits per heavy atom. The van der Waals surface area contributed by atoms with E-state index in [-0.39, 0.29) is 0 Å². The largest absolute Gasteiger partial charge is 0.380 e. The standard InChI is InChI=1S/C12H26N2O/c1-5-7-13-11-6-8-15-9-12(11)14(4)10(2)3/h10-13H,5-9H2,1-4H3. The van der Waals surface area contributed by atoms with E-state index in [1.54, 1.807) is 0 Å². The molecule has 0 amide bonds. The molecule has 2 atom stereocenters. The van der Waals surface area contributed by atoms with Crippen molar-refractivity contribution >= 4 is 0 Å². The highest BCUT2D eigenvalue weighted by molar-refractivity contribution is 4.87. The number of hydrogen-bond donors (Lipinski definition) is 1. The van der Waals surface area contributed by atoms with Gasteiger partial charge in [-0.15, -0.1) is 0 Å². The van der Waals surface area contributed by atoms with Crippen LogP contribution in [0.1, 0.15) is 33.6 Å². The summed E-state index contributed by atoms with van der Waals surface area (Å²) in [4.78, 5) is 2.42. The summed E-state index contributed by atoms with van der Waals surface area (Å²) < 4.78 is 5.58. The fourth-order valence-electron chi connectivity index (χ4n) is 2.08. The second kappa shape index (κ2) is 6.46. The molecular weight excluding hydrogens is 188 g/mol. The lowest BCUT2D eigenvalue weighted by atomic mass is 10.0. The van der Waals surface area contributed by atoms with Gasteiger partial charge in [0, 0.05) is 24.7 Å². The molecule has 3 nitrogen and oxygen atoms in total. The summed E-state index contributed by atoms with van der Waals surface area (Å²) in [5, 5.41) is 3.64. The maximum absolute atomic E-state index is 5.58. The quantitative estimate of drug-likeness (QED) is 0.750. The summed E-state index contributed by atoms with van der Waals surface area (Å²) in [6.07, 6.45) is 2.34. The first kappa shape index (κ1) is 12.9. The topological polar surface area (TPSA) is 24.5 Å². The van der Waals surface area contributed by atoms with Gasteiger partial charge in [0.2, 0.25) is 0 Å². The molecule has 2 unspecified atom stereocenters. The maximum Gasteiger partial charge on any atom is 0.0637 e. The minimum absolute atomic E-state index is 0.533. The molecule has 1 fully saturated rings. The van der Waals surface area contributed by atoms with E-state index in [9.17, 15) is 0 Å². The Bertz CT molecular complexity index is 173. The third-order valence-corrected chi connectivity index (χ3v) is 3.32. The molecule has 0 aromatic heterocycles. The van der Waals surface area contributed by atoms with Gasteiger partial charge >= 0.3 is 0 Å². The van der Waals surface area contributed by atoms with Crippen LogP contribution in [-0.4, -0.2) is 49.8 Å². The average Bonchev–Trinajstić information content (AvgIpc) is 2.25. The molecule has 0 saturated carbocycles. The Kier molecular flexibility index (Phi) is 5.58. The SMILES string of the molecule is CCCNC1CCOCC1N(C)C(C)C. The van der Waals surface area contributed by atoms with E-state index >= 15 is 0 Å². The molecule has 1 rings (SSSR count). The van der Waals surface area contributed by atoms with E-state index in [0.717, 1.165) is 26.2 Å². The average molecular weight is 214 g/mol. The molecule has 0 aliphatic carbocycles. The minimum Gasteiger partial charge on any atom is -0.380 e. The molecule has 1 heterocycles. The first-order valence-electron chi connectivity index (χ1n) is 6.19. The lowest BCUT2D eigenvalue weighted by molar-refractivity contribution is -0.00360. The molecular formula is C12H26N2O. The highest BCUT2D eigenvalue weighted by Gasteiger charge is 2.29. The summed E-state index contributed by atoms with van der Waals surface area (Å²) in [6.45, 7) is 9.59. The first-order valence-corrected chi connectivity index (χ1v) is 6.19. The third kappa shape index (κ3) is 3.74. The van der Waals surface area contributed by atoms with Gasteiger partial charge in [0.25, 0.3) is 0 Å². The fourth-order valence-corrected chi connectivity index (χ4v) is 2.08. The van der Waals surface area contributed by atoms with Gasteiger partial charge < -0.3 is 10.1 Å². The van der Waals surface area contributed by atoms with Crippen LogP contribution in [0, 0.1) is 0 Å². The van der Waals surface area contributed by atoms with Crippen LogP contribution in [0.15, 0.2) is 0 Å². The van der Waals surface area contributed by atoms with Crippen molar-refractivity contribution in [1.82, 2.24) is 10.2 Å². The van der Waals surface area contributed by atoms with Crippen molar-refractivity contribution in [3.63, 3.8) is 0 Å². The van der Waals surface area contributed by atoms with Gasteiger partial charge in [-0.05, 0) is 40.3 Å². The molecule has 0 spiro atoms. The molecule has 0 radical (unpaired) electrons. The zero-order valence-electron chi connectivity index (χ0n) is 10.6. The predicted molar refractivity (Wildman–Crippen MR) is 64.2 cm³/mol. The van der Waals surface area contributed by atoms with Crippen molar-refractivity contribution in [3.05, 3.63) is 0 Å². The Morgan fingerprint density at radius 3 is 2.80 bits per heavy atom. The lowest BCUT2D eigenvalue weighted by Crippen LogP contribution is -2.56. The van der Waals surface area contributed by atoms with Gasteiger partial charge in [-0.2, -0.15) is 0 Å². The first-order chi connectivity index (χ1) is 7.16. The van der Waals surface area contributed by atoms with E-state index in [1.165, 1.54) is 6.42 Å². The summed E-state index contributed by atoms with van der Waals surface area (Å²) in [6, 6.07) is 1.72. The summed E-state index contributed by atoms with van der Waals surface area (Å²) >= 11 is 0. The zero-order chi connectivity index (χ0) is 11.3. The molecule has 0 aromatic rings. The van der Waals surface area contributed by atoms with Crippen LogP contribution in [0.4, 0.5) is 0 Å². The van der Waals surface area contributed by atoms with Crippen molar-refractivity contribution in [2.24, 2.45) is 0 Å². The summed E-state index contributed by atoms with van der Waals surface area (Å²) in [5.41, 5.74) is 0. The Morgan fingerprint density at radius 2 is 2.20 bits per heavy atom. The smallest absolute Gasteiger partial charge is 0.0637 e. The van der Waals surface area contributed by atoms with E-state index in [1.807, 2.05) is 0 Å². The van der Waals surface area contributed by atoms with Crippen LogP contribution in [0.3, 0.4) is 0 Å². The normalized spacial score (nSPS) is 27.6. The Labute approximate surface area is 94.2 Å². The van der Waals surface area contributed by atoms with Crippen LogP contribution >= 0.6 is 0 Å². The summed E-state index contributed by atoms with van der Waals surface area (Å²) in [5.74, 6) is 0. The number of likely N-dealkylation sites (N-methyl/N-ethyl adjacent to an activating group) is 1. The molecule has 1 aliphatic heterocycles. The van der Waals surface area contributed by atoms with Crippen molar-refractivity contribution in [2.75, 3.05) is 26.8 Å². The number of hydrogen-bond acceptors (Lipinski definition) is 3. The maximum atomic E-state index is 5.58. The highest BCUT2D eigenvalue weighted by Crippen LogP contribution is 2.15. The van der Waals surface area contributed by atoms with Gasteiger partial charge in [0.1, 0.15) is 0 Å². The van der Waals surface area contributed by atoms with Crippen molar-refractivity contribution in [3.8, 4) is 0 Å². The number of ether oxygens (including phenoxy) is 1. The van der Waals surface area contributed by atoms with Gasteiger partial charge in [-0.25, -0.2) is 0 Å². The summed E-state index contributed by atoms with van der Waals surface area (Å²) in [7, 11) is 2.20. The predicted octanol–water partition coefficient (Wildman–Crippen LogP) is 1.48. The van der Waals surface area contributed by atoms with Crippen molar-refractivity contribution in [2.45, 2.75) is 51.7 Å². The van der Waals surface area contributed by atoms with E-state index in [2.05, 4.69) is 38.0 Å². The number of nitrogens with zero attached hydrogens (tertiary/aromatic N) is 1. The fraction of sp³-hybridized carbons (Fsp3) is 1.00. The van der Waals surface area contributed by atoms with Crippen LogP contribution < -0.4 is 5.32 Å². The number of nitrogens with one attached hydrogen (secondary N) is 1. The molecule has 90 valence electrons. The molecule has 3 heteroatoms. The zero-order valence-corrected chi connectivity index (χ0v) is 10.6. The van der Waals surface area contributed by atoms with Gasteiger partial charge in [0.15, 0.2) is 0 Å². The number of rotatable bonds is 5. The van der Waals surface area contributed by atoms with Crippen molar-refractivity contribution in [1.29, 1.82) is 0 Å². The second-order valence-corrected chi connectivity index (χ2v) is 4.75. The monoisotopic (exact) mass is 214 g/mol. The Balaban J connectivity index is 2.49. The molecule has 1 aliphatic rings. The van der Waals surface area contributed by atoms with E-state index < -0.39 is 0 Å². The molecule has 1 saturated heterocycles. The van der Waals surface area contributed by atoms with Crippen LogP contribution in [0.25, 0.3) is 0 Å². The molecule has 0 bridgehead atoms. The minimum atomic E-state index is 0.533. The van der Waals surface area contributed by atoms with E-state index in [4.69, 9.17) is 4.74 Å².